The van der Waals surface area contributed by atoms with Crippen molar-refractivity contribution >= 4 is 15.7 Å². The smallest absolute Gasteiger partial charge is 0.237 e. The molecule has 0 bridgehead atoms. The maximum absolute atomic E-state index is 12.2. The highest BCUT2D eigenvalue weighted by molar-refractivity contribution is 7.91. The van der Waals surface area contributed by atoms with Gasteiger partial charge in [0.1, 0.15) is 5.75 Å². The first-order valence-corrected chi connectivity index (χ1v) is 9.57. The van der Waals surface area contributed by atoms with Gasteiger partial charge in [-0.1, -0.05) is 45.0 Å². The van der Waals surface area contributed by atoms with E-state index < -0.39 is 9.84 Å². The summed E-state index contributed by atoms with van der Waals surface area (Å²) in [6.07, 6.45) is 1.94. The van der Waals surface area contributed by atoms with E-state index in [9.17, 15) is 13.2 Å². The van der Waals surface area contributed by atoms with Crippen molar-refractivity contribution in [1.29, 1.82) is 0 Å². The van der Waals surface area contributed by atoms with Crippen LogP contribution in [0.15, 0.2) is 24.3 Å². The Labute approximate surface area is 133 Å². The molecule has 1 aliphatic heterocycles. The van der Waals surface area contributed by atoms with Crippen molar-refractivity contribution in [2.24, 2.45) is 0 Å². The molecule has 22 heavy (non-hydrogen) atoms. The highest BCUT2D eigenvalue weighted by atomic mass is 32.2. The predicted octanol–water partition coefficient (Wildman–Crippen LogP) is 2.52. The molecule has 1 fully saturated rings. The summed E-state index contributed by atoms with van der Waals surface area (Å²) in [4.78, 5) is 13.6. The van der Waals surface area contributed by atoms with E-state index in [2.05, 4.69) is 20.8 Å². The van der Waals surface area contributed by atoms with Gasteiger partial charge < -0.3 is 4.90 Å². The third-order valence-electron chi connectivity index (χ3n) is 4.01. The molecule has 1 aliphatic rings. The quantitative estimate of drug-likeness (QED) is 0.855. The van der Waals surface area contributed by atoms with E-state index in [1.807, 2.05) is 24.3 Å². The standard InChI is InChI=1S/C17H25NO3S/c1-17(2,3)15-8-6-14(7-9-15)12-22(20,21)13-16(19)18-10-4-5-11-18/h6-9H,4-5,10-13H2,1-3H3. The molecule has 0 atom stereocenters. The first-order chi connectivity index (χ1) is 10.2. The summed E-state index contributed by atoms with van der Waals surface area (Å²) in [5.74, 6) is -0.714. The third kappa shape index (κ3) is 4.57. The van der Waals surface area contributed by atoms with Crippen molar-refractivity contribution in [3.63, 3.8) is 0 Å². The number of amides is 1. The molecule has 0 spiro atoms. The molecule has 1 heterocycles. The van der Waals surface area contributed by atoms with Crippen molar-refractivity contribution in [2.75, 3.05) is 18.8 Å². The molecule has 0 aliphatic carbocycles. The predicted molar refractivity (Wildman–Crippen MR) is 88.4 cm³/mol. The van der Waals surface area contributed by atoms with Gasteiger partial charge >= 0.3 is 0 Å². The van der Waals surface area contributed by atoms with Gasteiger partial charge in [-0.15, -0.1) is 0 Å². The lowest BCUT2D eigenvalue weighted by molar-refractivity contribution is -0.127. The first-order valence-electron chi connectivity index (χ1n) is 7.75. The number of hydrogen-bond acceptors (Lipinski definition) is 3. The van der Waals surface area contributed by atoms with Crippen LogP contribution in [-0.4, -0.2) is 38.1 Å². The van der Waals surface area contributed by atoms with E-state index in [1.165, 1.54) is 5.56 Å². The number of rotatable bonds is 4. The summed E-state index contributed by atoms with van der Waals surface area (Å²) in [6.45, 7) is 7.73. The summed E-state index contributed by atoms with van der Waals surface area (Å²) >= 11 is 0. The van der Waals surface area contributed by atoms with Crippen LogP contribution < -0.4 is 0 Å². The van der Waals surface area contributed by atoms with Crippen molar-refractivity contribution in [3.8, 4) is 0 Å². The Morgan fingerprint density at radius 1 is 1.09 bits per heavy atom. The topological polar surface area (TPSA) is 54.5 Å². The molecule has 0 saturated carbocycles. The van der Waals surface area contributed by atoms with Crippen LogP contribution in [-0.2, 0) is 25.8 Å². The maximum atomic E-state index is 12.2. The monoisotopic (exact) mass is 323 g/mol. The van der Waals surface area contributed by atoms with E-state index in [4.69, 9.17) is 0 Å². The van der Waals surface area contributed by atoms with E-state index in [0.29, 0.717) is 13.1 Å². The minimum atomic E-state index is -3.41. The van der Waals surface area contributed by atoms with E-state index in [1.54, 1.807) is 4.90 Å². The second-order valence-corrected chi connectivity index (χ2v) is 9.13. The molecule has 1 aromatic rings. The lowest BCUT2D eigenvalue weighted by Gasteiger charge is -2.19. The van der Waals surface area contributed by atoms with Crippen molar-refractivity contribution in [3.05, 3.63) is 35.4 Å². The molecule has 0 radical (unpaired) electrons. The van der Waals surface area contributed by atoms with Crippen molar-refractivity contribution in [2.45, 2.75) is 44.8 Å². The van der Waals surface area contributed by atoms with Gasteiger partial charge in [-0.25, -0.2) is 8.42 Å². The van der Waals surface area contributed by atoms with Crippen molar-refractivity contribution in [1.82, 2.24) is 4.90 Å². The second-order valence-electron chi connectivity index (χ2n) is 7.07. The van der Waals surface area contributed by atoms with Crippen LogP contribution in [0.3, 0.4) is 0 Å². The van der Waals surface area contributed by atoms with Gasteiger partial charge in [0.2, 0.25) is 5.91 Å². The molecular weight excluding hydrogens is 298 g/mol. The van der Waals surface area contributed by atoms with Gasteiger partial charge in [0, 0.05) is 13.1 Å². The van der Waals surface area contributed by atoms with Gasteiger partial charge in [0.05, 0.1) is 5.75 Å². The molecule has 1 aromatic carbocycles. The molecule has 0 unspecified atom stereocenters. The number of nitrogens with zero attached hydrogens (tertiary/aromatic N) is 1. The Balaban J connectivity index is 2.00. The number of hydrogen-bond donors (Lipinski definition) is 0. The zero-order valence-electron chi connectivity index (χ0n) is 13.6. The third-order valence-corrected chi connectivity index (χ3v) is 5.47. The van der Waals surface area contributed by atoms with Crippen LogP contribution in [0.5, 0.6) is 0 Å². The lowest BCUT2D eigenvalue weighted by Crippen LogP contribution is -2.33. The summed E-state index contributed by atoms with van der Waals surface area (Å²) in [7, 11) is -3.41. The summed E-state index contributed by atoms with van der Waals surface area (Å²) < 4.78 is 24.4. The average molecular weight is 323 g/mol. The lowest BCUT2D eigenvalue weighted by atomic mass is 9.87. The SMILES string of the molecule is CC(C)(C)c1ccc(CS(=O)(=O)CC(=O)N2CCCC2)cc1. The number of sulfone groups is 1. The van der Waals surface area contributed by atoms with Crippen LogP contribution in [0.25, 0.3) is 0 Å². The Morgan fingerprint density at radius 2 is 1.64 bits per heavy atom. The van der Waals surface area contributed by atoms with Crippen LogP contribution in [0, 0.1) is 0 Å². The van der Waals surface area contributed by atoms with Crippen molar-refractivity contribution < 1.29 is 13.2 Å². The van der Waals surface area contributed by atoms with E-state index >= 15 is 0 Å². The van der Waals surface area contributed by atoms with Crippen LogP contribution in [0.4, 0.5) is 0 Å². The molecule has 1 amide bonds. The molecule has 0 aromatic heterocycles. The zero-order chi connectivity index (χ0) is 16.4. The molecule has 2 rings (SSSR count). The maximum Gasteiger partial charge on any atom is 0.237 e. The number of carbonyl (C=O) groups excluding carboxylic acids is 1. The number of benzene rings is 1. The highest BCUT2D eigenvalue weighted by Gasteiger charge is 2.24. The second kappa shape index (κ2) is 6.41. The fraction of sp³-hybridized carbons (Fsp3) is 0.588. The fourth-order valence-corrected chi connectivity index (χ4v) is 4.01. The molecule has 0 N–H and O–H groups in total. The molecular formula is C17H25NO3S. The van der Waals surface area contributed by atoms with Crippen LogP contribution in [0.1, 0.15) is 44.7 Å². The Bertz CT molecular complexity index is 621. The van der Waals surface area contributed by atoms with Gasteiger partial charge in [0.15, 0.2) is 9.84 Å². The largest absolute Gasteiger partial charge is 0.342 e. The van der Waals surface area contributed by atoms with E-state index in [-0.39, 0.29) is 22.8 Å². The van der Waals surface area contributed by atoms with Gasteiger partial charge in [-0.3, -0.25) is 4.79 Å². The van der Waals surface area contributed by atoms with Crippen LogP contribution >= 0.6 is 0 Å². The zero-order valence-corrected chi connectivity index (χ0v) is 14.4. The van der Waals surface area contributed by atoms with Gasteiger partial charge in [-0.2, -0.15) is 0 Å². The Morgan fingerprint density at radius 3 is 2.14 bits per heavy atom. The summed E-state index contributed by atoms with van der Waals surface area (Å²) in [5.41, 5.74) is 1.95. The average Bonchev–Trinajstić information content (AvgIpc) is 2.91. The van der Waals surface area contributed by atoms with E-state index in [0.717, 1.165) is 18.4 Å². The molecule has 1 saturated heterocycles. The molecule has 122 valence electrons. The van der Waals surface area contributed by atoms with Gasteiger partial charge in [0.25, 0.3) is 0 Å². The highest BCUT2D eigenvalue weighted by Crippen LogP contribution is 2.22. The minimum Gasteiger partial charge on any atom is -0.342 e. The Kier molecular flexibility index (Phi) is 4.95. The summed E-state index contributed by atoms with van der Waals surface area (Å²) in [6, 6.07) is 7.62. The minimum absolute atomic E-state index is 0.0448. The first kappa shape index (κ1) is 17.0. The normalized spacial score (nSPS) is 16.0. The molecule has 4 nitrogen and oxygen atoms in total. The Hall–Kier alpha value is -1.36. The summed E-state index contributed by atoms with van der Waals surface area (Å²) in [5, 5.41) is 0. The van der Waals surface area contributed by atoms with Gasteiger partial charge in [-0.05, 0) is 29.4 Å². The fourth-order valence-electron chi connectivity index (χ4n) is 2.65. The number of carbonyl (C=O) groups is 1. The molecule has 5 heteroatoms. The van der Waals surface area contributed by atoms with Crippen LogP contribution in [0.2, 0.25) is 0 Å². The number of likely N-dealkylation sites (tertiary alicyclic amines) is 1.